The molecule has 1 atom stereocenters. The fraction of sp³-hybridized carbons (Fsp3) is 0.385. The fourth-order valence-corrected chi connectivity index (χ4v) is 2.10. The summed E-state index contributed by atoms with van der Waals surface area (Å²) in [6, 6.07) is 5.37. The zero-order chi connectivity index (χ0) is 13.1. The van der Waals surface area contributed by atoms with E-state index < -0.39 is 0 Å². The van der Waals surface area contributed by atoms with Crippen molar-refractivity contribution in [3.63, 3.8) is 0 Å². The van der Waals surface area contributed by atoms with E-state index in [0.29, 0.717) is 6.54 Å². The molecule has 0 aromatic heterocycles. The normalized spacial score (nSPS) is 18.4. The number of benzene rings is 1. The first-order chi connectivity index (χ1) is 8.69. The molecule has 0 spiro atoms. The lowest BCUT2D eigenvalue weighted by atomic mass is 10.0. The highest BCUT2D eigenvalue weighted by atomic mass is 16.5. The van der Waals surface area contributed by atoms with Crippen LogP contribution in [0.1, 0.15) is 24.1 Å². The lowest BCUT2D eigenvalue weighted by molar-refractivity contribution is 0.232. The largest absolute Gasteiger partial charge is 0.496 e. The van der Waals surface area contributed by atoms with Crippen molar-refractivity contribution < 1.29 is 9.53 Å². The molecule has 1 N–H and O–H groups in total. The van der Waals surface area contributed by atoms with Crippen molar-refractivity contribution in [3.8, 4) is 11.9 Å². The van der Waals surface area contributed by atoms with Gasteiger partial charge in [-0.2, -0.15) is 5.26 Å². The predicted molar refractivity (Wildman–Crippen MR) is 66.0 cm³/mol. The van der Waals surface area contributed by atoms with Crippen molar-refractivity contribution in [1.29, 1.82) is 5.26 Å². The number of hydrogen-bond donors (Lipinski definition) is 1. The molecule has 2 amide bonds. The molecule has 18 heavy (non-hydrogen) atoms. The van der Waals surface area contributed by atoms with Crippen LogP contribution < -0.4 is 10.1 Å². The molecular formula is C13H15N3O2. The number of hydrogen-bond acceptors (Lipinski definition) is 3. The van der Waals surface area contributed by atoms with Crippen molar-refractivity contribution >= 4 is 6.03 Å². The van der Waals surface area contributed by atoms with Crippen molar-refractivity contribution in [3.05, 3.63) is 29.3 Å². The van der Waals surface area contributed by atoms with Gasteiger partial charge in [-0.3, -0.25) is 0 Å². The monoisotopic (exact) mass is 245 g/mol. The minimum absolute atomic E-state index is 0.131. The number of nitrogens with one attached hydrogen (secondary N) is 1. The van der Waals surface area contributed by atoms with Crippen LogP contribution in [0.4, 0.5) is 4.79 Å². The third-order valence-corrected chi connectivity index (χ3v) is 3.12. The molecule has 1 fully saturated rings. The summed E-state index contributed by atoms with van der Waals surface area (Å²) in [5.41, 5.74) is 2.10. The average molecular weight is 245 g/mol. The molecule has 2 rings (SSSR count). The van der Waals surface area contributed by atoms with Gasteiger partial charge in [-0.1, -0.05) is 13.0 Å². The Hall–Kier alpha value is -2.22. The molecule has 0 aliphatic carbocycles. The summed E-state index contributed by atoms with van der Waals surface area (Å²) in [5, 5.41) is 11.6. The molecule has 1 unspecified atom stereocenters. The van der Waals surface area contributed by atoms with E-state index in [1.807, 2.05) is 24.4 Å². The van der Waals surface area contributed by atoms with Gasteiger partial charge >= 0.3 is 6.03 Å². The van der Waals surface area contributed by atoms with Gasteiger partial charge in [0, 0.05) is 0 Å². The van der Waals surface area contributed by atoms with Crippen LogP contribution in [-0.4, -0.2) is 24.6 Å². The van der Waals surface area contributed by atoms with E-state index in [9.17, 15) is 4.79 Å². The minimum atomic E-state index is -0.337. The van der Waals surface area contributed by atoms with E-state index in [1.54, 1.807) is 7.11 Å². The summed E-state index contributed by atoms with van der Waals surface area (Å²) in [4.78, 5) is 12.6. The summed E-state index contributed by atoms with van der Waals surface area (Å²) in [6.07, 6.45) is 2.72. The van der Waals surface area contributed by atoms with Crippen LogP contribution in [0.25, 0.3) is 0 Å². The number of nitrogens with zero attached hydrogens (tertiary/aromatic N) is 2. The molecule has 0 bridgehead atoms. The number of urea groups is 1. The number of nitriles is 1. The molecule has 0 saturated carbocycles. The van der Waals surface area contributed by atoms with E-state index in [-0.39, 0.29) is 12.1 Å². The van der Waals surface area contributed by atoms with Crippen LogP contribution in [0.3, 0.4) is 0 Å². The zero-order valence-corrected chi connectivity index (χ0v) is 10.4. The Labute approximate surface area is 106 Å². The summed E-state index contributed by atoms with van der Waals surface area (Å²) < 4.78 is 5.27. The Balaban J connectivity index is 2.25. The Bertz CT molecular complexity index is 507. The maximum absolute atomic E-state index is 11.4. The number of carbonyl (C=O) groups is 1. The van der Waals surface area contributed by atoms with Crippen molar-refractivity contribution in [2.75, 3.05) is 13.7 Å². The number of carbonyl (C=O) groups excluding carboxylic acids is 1. The first-order valence-corrected chi connectivity index (χ1v) is 5.84. The van der Waals surface area contributed by atoms with Crippen molar-refractivity contribution in [2.45, 2.75) is 19.4 Å². The average Bonchev–Trinajstić information content (AvgIpc) is 2.79. The van der Waals surface area contributed by atoms with Crippen LogP contribution in [0.15, 0.2) is 18.2 Å². The fourth-order valence-electron chi connectivity index (χ4n) is 2.10. The molecule has 5 nitrogen and oxygen atoms in total. The highest BCUT2D eigenvalue weighted by molar-refractivity contribution is 5.78. The van der Waals surface area contributed by atoms with Gasteiger partial charge in [0.05, 0.1) is 19.7 Å². The van der Waals surface area contributed by atoms with E-state index in [1.165, 1.54) is 0 Å². The van der Waals surface area contributed by atoms with E-state index in [0.717, 1.165) is 28.2 Å². The number of ether oxygens (including phenoxy) is 1. The topological polar surface area (TPSA) is 65.4 Å². The van der Waals surface area contributed by atoms with Gasteiger partial charge in [0.25, 0.3) is 0 Å². The number of rotatable bonds is 3. The minimum Gasteiger partial charge on any atom is -0.496 e. The molecule has 1 aliphatic heterocycles. The molecule has 94 valence electrons. The van der Waals surface area contributed by atoms with Gasteiger partial charge in [0.2, 0.25) is 0 Å². The van der Waals surface area contributed by atoms with Crippen LogP contribution >= 0.6 is 0 Å². The lowest BCUT2D eigenvalue weighted by Gasteiger charge is -2.13. The Morgan fingerprint density at radius 2 is 2.39 bits per heavy atom. The van der Waals surface area contributed by atoms with Crippen LogP contribution in [0, 0.1) is 11.5 Å². The number of aryl methyl sites for hydroxylation is 1. The van der Waals surface area contributed by atoms with Crippen molar-refractivity contribution in [2.24, 2.45) is 0 Å². The van der Waals surface area contributed by atoms with Gasteiger partial charge in [-0.05, 0) is 29.7 Å². The zero-order valence-electron chi connectivity index (χ0n) is 10.4. The highest BCUT2D eigenvalue weighted by Crippen LogP contribution is 2.26. The van der Waals surface area contributed by atoms with Gasteiger partial charge in [0.15, 0.2) is 6.19 Å². The number of methoxy groups -OCH3 is 1. The Kier molecular flexibility index (Phi) is 3.38. The quantitative estimate of drug-likeness (QED) is 0.826. The second kappa shape index (κ2) is 4.96. The molecular weight excluding hydrogens is 230 g/mol. The highest BCUT2D eigenvalue weighted by Gasteiger charge is 2.29. The molecule has 0 radical (unpaired) electrons. The molecule has 5 heteroatoms. The second-order valence-corrected chi connectivity index (χ2v) is 4.14. The molecule has 1 saturated heterocycles. The predicted octanol–water partition coefficient (Wildman–Crippen LogP) is 1.80. The number of amides is 2. The molecule has 1 aromatic carbocycles. The summed E-state index contributed by atoms with van der Waals surface area (Å²) in [6.45, 7) is 2.43. The summed E-state index contributed by atoms with van der Waals surface area (Å²) in [7, 11) is 1.64. The smallest absolute Gasteiger partial charge is 0.331 e. The van der Waals surface area contributed by atoms with Crippen LogP contribution in [0.5, 0.6) is 5.75 Å². The van der Waals surface area contributed by atoms with E-state index in [2.05, 4.69) is 12.2 Å². The lowest BCUT2D eigenvalue weighted by Crippen LogP contribution is -2.23. The molecule has 1 aliphatic rings. The third-order valence-electron chi connectivity index (χ3n) is 3.12. The van der Waals surface area contributed by atoms with Gasteiger partial charge in [0.1, 0.15) is 5.75 Å². The second-order valence-electron chi connectivity index (χ2n) is 4.14. The Morgan fingerprint density at radius 3 is 2.94 bits per heavy atom. The van der Waals surface area contributed by atoms with Crippen LogP contribution in [0.2, 0.25) is 0 Å². The summed E-state index contributed by atoms with van der Waals surface area (Å²) in [5.74, 6) is 0.850. The summed E-state index contributed by atoms with van der Waals surface area (Å²) >= 11 is 0. The van der Waals surface area contributed by atoms with Crippen LogP contribution in [-0.2, 0) is 6.42 Å². The standard InChI is InChI=1S/C13H15N3O2/c1-3-9-6-10(4-5-12(9)18-2)11-7-16(8-14)13(17)15-11/h4-6,11H,3,7H2,1-2H3,(H,15,17). The van der Waals surface area contributed by atoms with Gasteiger partial charge < -0.3 is 10.1 Å². The maximum Gasteiger partial charge on any atom is 0.331 e. The van der Waals surface area contributed by atoms with Crippen molar-refractivity contribution in [1.82, 2.24) is 10.2 Å². The Morgan fingerprint density at radius 1 is 1.61 bits per heavy atom. The first-order valence-electron chi connectivity index (χ1n) is 5.84. The first kappa shape index (κ1) is 12.2. The molecule has 1 heterocycles. The van der Waals surface area contributed by atoms with Gasteiger partial charge in [-0.25, -0.2) is 9.69 Å². The molecule has 1 aromatic rings. The van der Waals surface area contributed by atoms with E-state index >= 15 is 0 Å². The SMILES string of the molecule is CCc1cc(C2CN(C#N)C(=O)N2)ccc1OC. The third kappa shape index (κ3) is 2.09. The van der Waals surface area contributed by atoms with Gasteiger partial charge in [-0.15, -0.1) is 0 Å². The van der Waals surface area contributed by atoms with E-state index in [4.69, 9.17) is 10.00 Å². The maximum atomic E-state index is 11.4.